The highest BCUT2D eigenvalue weighted by Crippen LogP contribution is 2.25. The van der Waals surface area contributed by atoms with Crippen molar-refractivity contribution in [3.05, 3.63) is 42.0 Å². The molecule has 1 aromatic rings. The summed E-state index contributed by atoms with van der Waals surface area (Å²) in [4.78, 5) is 38.5. The van der Waals surface area contributed by atoms with Crippen LogP contribution < -0.4 is 16.6 Å². The number of hydrogen-bond donors (Lipinski definition) is 4. The van der Waals surface area contributed by atoms with Crippen LogP contribution >= 0.6 is 0 Å². The Labute approximate surface area is 197 Å². The lowest BCUT2D eigenvalue weighted by Gasteiger charge is -2.30. The zero-order chi connectivity index (χ0) is 24.8. The van der Waals surface area contributed by atoms with Gasteiger partial charge in [0.1, 0.15) is 0 Å². The number of allylic oxidation sites excluding steroid dienone is 1. The predicted octanol–water partition coefficient (Wildman–Crippen LogP) is 3.13. The van der Waals surface area contributed by atoms with E-state index in [4.69, 9.17) is 5.73 Å². The van der Waals surface area contributed by atoms with Crippen LogP contribution in [0.4, 0.5) is 0 Å². The quantitative estimate of drug-likeness (QED) is 0.266. The lowest BCUT2D eigenvalue weighted by molar-refractivity contribution is -0.147. The van der Waals surface area contributed by atoms with Gasteiger partial charge in [-0.25, -0.2) is 5.48 Å². The van der Waals surface area contributed by atoms with E-state index in [1.165, 1.54) is 5.01 Å². The van der Waals surface area contributed by atoms with Crippen molar-refractivity contribution >= 4 is 23.8 Å². The maximum absolute atomic E-state index is 13.3. The Morgan fingerprint density at radius 2 is 1.70 bits per heavy atom. The summed E-state index contributed by atoms with van der Waals surface area (Å²) in [5, 5.41) is 10.7. The van der Waals surface area contributed by atoms with E-state index in [2.05, 4.69) is 5.43 Å². The molecule has 1 rings (SSSR count). The highest BCUT2D eigenvalue weighted by Gasteiger charge is 2.34. The van der Waals surface area contributed by atoms with E-state index in [0.29, 0.717) is 25.9 Å². The van der Waals surface area contributed by atoms with Crippen LogP contribution in [0.3, 0.4) is 0 Å². The fraction of sp³-hybridized carbons (Fsp3) is 0.560. The first-order valence-corrected chi connectivity index (χ1v) is 11.7. The van der Waals surface area contributed by atoms with Gasteiger partial charge in [0, 0.05) is 13.0 Å². The van der Waals surface area contributed by atoms with E-state index in [0.717, 1.165) is 5.56 Å². The van der Waals surface area contributed by atoms with E-state index in [1.807, 2.05) is 70.2 Å². The number of nitrogens with two attached hydrogens (primary N) is 1. The fourth-order valence-electron chi connectivity index (χ4n) is 3.59. The number of hydrazine groups is 1. The molecule has 0 bridgehead atoms. The number of hydrogen-bond acceptors (Lipinski definition) is 5. The number of benzene rings is 1. The SMILES string of the molecule is CC(C)C[C@@H](C(=O)NN(CC(C)C)C(=O)CCCN)[C@H](CC=Cc1ccccc1)C(=O)NO. The Kier molecular flexibility index (Phi) is 13.0. The molecule has 0 aromatic heterocycles. The zero-order valence-corrected chi connectivity index (χ0v) is 20.3. The molecule has 0 spiro atoms. The average molecular weight is 461 g/mol. The third-order valence-electron chi connectivity index (χ3n) is 5.18. The summed E-state index contributed by atoms with van der Waals surface area (Å²) in [5.41, 5.74) is 11.0. The second-order valence-electron chi connectivity index (χ2n) is 9.13. The highest BCUT2D eigenvalue weighted by molar-refractivity contribution is 5.89. The molecule has 3 amide bonds. The first kappa shape index (κ1) is 28.3. The summed E-state index contributed by atoms with van der Waals surface area (Å²) in [7, 11) is 0. The minimum atomic E-state index is -0.794. The molecular formula is C25H40N4O4. The van der Waals surface area contributed by atoms with Crippen LogP contribution in [0.1, 0.15) is 58.9 Å². The van der Waals surface area contributed by atoms with Crippen LogP contribution in [0.25, 0.3) is 6.08 Å². The largest absolute Gasteiger partial charge is 0.330 e. The summed E-state index contributed by atoms with van der Waals surface area (Å²) in [6, 6.07) is 9.62. The van der Waals surface area contributed by atoms with Gasteiger partial charge in [-0.05, 0) is 43.2 Å². The Hall–Kier alpha value is -2.71. The number of carbonyl (C=O) groups excluding carboxylic acids is 3. The number of rotatable bonds is 13. The van der Waals surface area contributed by atoms with Crippen molar-refractivity contribution in [1.82, 2.24) is 15.9 Å². The molecule has 0 unspecified atom stereocenters. The first-order chi connectivity index (χ1) is 15.7. The van der Waals surface area contributed by atoms with Crippen LogP contribution in [0, 0.1) is 23.7 Å². The Bertz CT molecular complexity index is 765. The van der Waals surface area contributed by atoms with Crippen molar-refractivity contribution < 1.29 is 19.6 Å². The lowest BCUT2D eigenvalue weighted by atomic mass is 9.82. The van der Waals surface area contributed by atoms with Gasteiger partial charge < -0.3 is 5.73 Å². The molecule has 0 aliphatic carbocycles. The monoisotopic (exact) mass is 460 g/mol. The number of hydroxylamine groups is 1. The Morgan fingerprint density at radius 3 is 2.24 bits per heavy atom. The minimum Gasteiger partial charge on any atom is -0.330 e. The third-order valence-corrected chi connectivity index (χ3v) is 5.18. The number of amides is 3. The third kappa shape index (κ3) is 10.6. The zero-order valence-electron chi connectivity index (χ0n) is 20.3. The lowest BCUT2D eigenvalue weighted by Crippen LogP contribution is -2.52. The fourth-order valence-corrected chi connectivity index (χ4v) is 3.59. The van der Waals surface area contributed by atoms with Crippen molar-refractivity contribution in [2.45, 2.75) is 53.4 Å². The number of nitrogens with one attached hydrogen (secondary N) is 2. The molecular weight excluding hydrogens is 420 g/mol. The van der Waals surface area contributed by atoms with Gasteiger partial charge in [-0.3, -0.25) is 30.0 Å². The summed E-state index contributed by atoms with van der Waals surface area (Å²) in [6.45, 7) is 8.58. The average Bonchev–Trinajstić information content (AvgIpc) is 2.78. The van der Waals surface area contributed by atoms with Crippen LogP contribution in [0.5, 0.6) is 0 Å². The topological polar surface area (TPSA) is 125 Å². The maximum atomic E-state index is 13.3. The molecule has 0 saturated heterocycles. The van der Waals surface area contributed by atoms with Crippen LogP contribution in [-0.2, 0) is 14.4 Å². The summed E-state index contributed by atoms with van der Waals surface area (Å²) >= 11 is 0. The standard InChI is InChI=1S/C25H40N4O4/c1-18(2)16-22(24(31)27-29(17-19(3)4)23(30)14-9-15-26)21(25(32)28-33)13-8-12-20-10-6-5-7-11-20/h5-8,10-12,18-19,21-22,33H,9,13-17,26H2,1-4H3,(H,27,31)(H,28,32)/t21-,22+/m0/s1. The number of nitrogens with zero attached hydrogens (tertiary/aromatic N) is 1. The van der Waals surface area contributed by atoms with E-state index in [1.54, 1.807) is 5.48 Å². The maximum Gasteiger partial charge on any atom is 0.247 e. The van der Waals surface area contributed by atoms with Crippen molar-refractivity contribution in [1.29, 1.82) is 0 Å². The second kappa shape index (κ2) is 15.2. The molecule has 0 fully saturated rings. The smallest absolute Gasteiger partial charge is 0.247 e. The molecule has 0 saturated carbocycles. The van der Waals surface area contributed by atoms with E-state index in [-0.39, 0.29) is 30.6 Å². The van der Waals surface area contributed by atoms with Crippen molar-refractivity contribution in [3.63, 3.8) is 0 Å². The molecule has 5 N–H and O–H groups in total. The Balaban J connectivity index is 3.10. The first-order valence-electron chi connectivity index (χ1n) is 11.7. The van der Waals surface area contributed by atoms with E-state index < -0.39 is 23.7 Å². The van der Waals surface area contributed by atoms with Crippen LogP contribution in [-0.4, -0.2) is 41.0 Å². The molecule has 33 heavy (non-hydrogen) atoms. The summed E-state index contributed by atoms with van der Waals surface area (Å²) in [6.07, 6.45) is 5.15. The van der Waals surface area contributed by atoms with E-state index in [9.17, 15) is 19.6 Å². The molecule has 0 heterocycles. The van der Waals surface area contributed by atoms with Gasteiger partial charge in [0.25, 0.3) is 0 Å². The molecule has 0 radical (unpaired) electrons. The molecule has 184 valence electrons. The van der Waals surface area contributed by atoms with Gasteiger partial charge in [-0.2, -0.15) is 0 Å². The summed E-state index contributed by atoms with van der Waals surface area (Å²) < 4.78 is 0. The Morgan fingerprint density at radius 1 is 1.03 bits per heavy atom. The van der Waals surface area contributed by atoms with Gasteiger partial charge in [0.2, 0.25) is 17.7 Å². The van der Waals surface area contributed by atoms with Gasteiger partial charge >= 0.3 is 0 Å². The molecule has 2 atom stereocenters. The number of carbonyl (C=O) groups is 3. The highest BCUT2D eigenvalue weighted by atomic mass is 16.5. The molecule has 0 aliphatic heterocycles. The van der Waals surface area contributed by atoms with Crippen molar-refractivity contribution in [3.8, 4) is 0 Å². The molecule has 8 heteroatoms. The van der Waals surface area contributed by atoms with Crippen molar-refractivity contribution in [2.24, 2.45) is 29.4 Å². The second-order valence-corrected chi connectivity index (χ2v) is 9.13. The van der Waals surface area contributed by atoms with Gasteiger partial charge in [0.15, 0.2) is 0 Å². The van der Waals surface area contributed by atoms with Crippen LogP contribution in [0.15, 0.2) is 36.4 Å². The normalized spacial score (nSPS) is 13.2. The van der Waals surface area contributed by atoms with Gasteiger partial charge in [-0.1, -0.05) is 70.2 Å². The van der Waals surface area contributed by atoms with Gasteiger partial charge in [0.05, 0.1) is 11.8 Å². The predicted molar refractivity (Wildman–Crippen MR) is 129 cm³/mol. The molecule has 8 nitrogen and oxygen atoms in total. The van der Waals surface area contributed by atoms with Crippen LogP contribution in [0.2, 0.25) is 0 Å². The van der Waals surface area contributed by atoms with E-state index >= 15 is 0 Å². The molecule has 0 aliphatic rings. The molecule has 1 aromatic carbocycles. The van der Waals surface area contributed by atoms with Crippen molar-refractivity contribution in [2.75, 3.05) is 13.1 Å². The summed E-state index contributed by atoms with van der Waals surface area (Å²) in [5.74, 6) is -2.50. The van der Waals surface area contributed by atoms with Gasteiger partial charge in [-0.15, -0.1) is 0 Å². The minimum absolute atomic E-state index is 0.124.